The van der Waals surface area contributed by atoms with Crippen LogP contribution in [0.15, 0.2) is 36.4 Å². The van der Waals surface area contributed by atoms with Crippen LogP contribution in [0.3, 0.4) is 0 Å². The first-order valence-corrected chi connectivity index (χ1v) is 13.9. The molecule has 0 atom stereocenters. The van der Waals surface area contributed by atoms with Gasteiger partial charge in [0.15, 0.2) is 0 Å². The summed E-state index contributed by atoms with van der Waals surface area (Å²) in [6.45, 7) is 30.8. The van der Waals surface area contributed by atoms with E-state index in [1.807, 2.05) is 0 Å². The predicted octanol–water partition coefficient (Wildman–Crippen LogP) is 10.6. The Morgan fingerprint density at radius 3 is 0.824 bits per heavy atom. The van der Waals surface area contributed by atoms with E-state index in [2.05, 4.69) is 126 Å². The lowest BCUT2D eigenvalue weighted by Crippen LogP contribution is -2.22. The molecule has 0 amide bonds. The summed E-state index contributed by atoms with van der Waals surface area (Å²) >= 11 is 0. The molecule has 0 heteroatoms. The summed E-state index contributed by atoms with van der Waals surface area (Å²) < 4.78 is 0. The Morgan fingerprint density at radius 2 is 0.647 bits per heavy atom. The molecule has 0 saturated heterocycles. The summed E-state index contributed by atoms with van der Waals surface area (Å²) in [7, 11) is 0. The predicted molar refractivity (Wildman–Crippen MR) is 154 cm³/mol. The van der Waals surface area contributed by atoms with Gasteiger partial charge in [0.25, 0.3) is 0 Å². The Labute approximate surface area is 213 Å². The smallest absolute Gasteiger partial charge is 0.00614 e. The quantitative estimate of drug-likeness (QED) is 0.329. The molecule has 2 rings (SSSR count). The maximum absolute atomic E-state index is 2.51. The highest BCUT2D eigenvalue weighted by molar-refractivity contribution is 5.46. The van der Waals surface area contributed by atoms with Gasteiger partial charge >= 0.3 is 0 Å². The van der Waals surface area contributed by atoms with Crippen LogP contribution in [0.2, 0.25) is 0 Å². The second kappa shape index (κ2) is 10.2. The van der Waals surface area contributed by atoms with Crippen LogP contribution in [-0.4, -0.2) is 0 Å². The molecule has 0 aliphatic rings. The Morgan fingerprint density at radius 1 is 0.441 bits per heavy atom. The zero-order valence-corrected chi connectivity index (χ0v) is 24.9. The molecule has 0 bridgehead atoms. The van der Waals surface area contributed by atoms with E-state index < -0.39 is 0 Å². The normalized spacial score (nSPS) is 13.6. The molecule has 0 nitrogen and oxygen atoms in total. The van der Waals surface area contributed by atoms with Crippen molar-refractivity contribution >= 4 is 0 Å². The molecule has 2 aromatic rings. The SMILES string of the molecule is CCC(C)(C)c1cc(C(C)c2cc(C(C)(C)CC)cc(C(C)(C)CC)c2)cc(C(C)(C)CC)c1. The van der Waals surface area contributed by atoms with Crippen molar-refractivity contribution in [2.24, 2.45) is 0 Å². The van der Waals surface area contributed by atoms with Crippen LogP contribution >= 0.6 is 0 Å². The highest BCUT2D eigenvalue weighted by Crippen LogP contribution is 2.40. The van der Waals surface area contributed by atoms with E-state index in [1.165, 1.54) is 33.4 Å². The first-order chi connectivity index (χ1) is 15.5. The molecule has 0 aromatic heterocycles. The van der Waals surface area contributed by atoms with Gasteiger partial charge in [0, 0.05) is 5.92 Å². The first kappa shape index (κ1) is 28.7. The van der Waals surface area contributed by atoms with Crippen molar-refractivity contribution in [1.82, 2.24) is 0 Å². The van der Waals surface area contributed by atoms with Gasteiger partial charge in [-0.25, -0.2) is 0 Å². The number of benzene rings is 2. The summed E-state index contributed by atoms with van der Waals surface area (Å²) in [4.78, 5) is 0. The molecule has 2 aromatic carbocycles. The van der Waals surface area contributed by atoms with Gasteiger partial charge in [-0.05, 0) is 80.7 Å². The van der Waals surface area contributed by atoms with Crippen molar-refractivity contribution in [3.63, 3.8) is 0 Å². The standard InChI is InChI=1S/C34H54/c1-14-31(6,7)27-18-25(19-28(22-27)32(8,9)15-2)24(5)26-20-29(33(10,11)16-3)23-30(21-26)34(12,13)17-4/h18-24H,14-17H2,1-13H3. The summed E-state index contributed by atoms with van der Waals surface area (Å²) in [5.41, 5.74) is 9.55. The average Bonchev–Trinajstić information content (AvgIpc) is 2.82. The highest BCUT2D eigenvalue weighted by atomic mass is 14.3. The largest absolute Gasteiger partial charge is 0.0646 e. The fourth-order valence-corrected chi connectivity index (χ4v) is 4.38. The Balaban J connectivity index is 2.78. The fourth-order valence-electron chi connectivity index (χ4n) is 4.38. The van der Waals surface area contributed by atoms with E-state index >= 15 is 0 Å². The van der Waals surface area contributed by atoms with Crippen molar-refractivity contribution in [3.05, 3.63) is 69.8 Å². The van der Waals surface area contributed by atoms with Crippen LogP contribution in [0.4, 0.5) is 0 Å². The maximum Gasteiger partial charge on any atom is 0.00614 e. The average molecular weight is 463 g/mol. The van der Waals surface area contributed by atoms with Gasteiger partial charge in [-0.15, -0.1) is 0 Å². The Kier molecular flexibility index (Phi) is 8.60. The lowest BCUT2D eigenvalue weighted by Gasteiger charge is -2.32. The van der Waals surface area contributed by atoms with E-state index in [-0.39, 0.29) is 21.7 Å². The number of hydrogen-bond donors (Lipinski definition) is 0. The third-order valence-electron chi connectivity index (χ3n) is 9.57. The molecule has 0 unspecified atom stereocenters. The molecule has 0 heterocycles. The van der Waals surface area contributed by atoms with E-state index in [9.17, 15) is 0 Å². The summed E-state index contributed by atoms with van der Waals surface area (Å²) in [5, 5.41) is 0. The molecule has 0 fully saturated rings. The minimum atomic E-state index is 0.176. The van der Waals surface area contributed by atoms with E-state index in [0.29, 0.717) is 5.92 Å². The van der Waals surface area contributed by atoms with Gasteiger partial charge in [-0.2, -0.15) is 0 Å². The Hall–Kier alpha value is -1.56. The number of hydrogen-bond acceptors (Lipinski definition) is 0. The molecular formula is C34H54. The van der Waals surface area contributed by atoms with E-state index in [1.54, 1.807) is 0 Å². The first-order valence-electron chi connectivity index (χ1n) is 13.9. The van der Waals surface area contributed by atoms with Crippen molar-refractivity contribution < 1.29 is 0 Å². The second-order valence-electron chi connectivity index (χ2n) is 13.4. The van der Waals surface area contributed by atoms with Crippen LogP contribution in [-0.2, 0) is 21.7 Å². The minimum Gasteiger partial charge on any atom is -0.0646 e. The van der Waals surface area contributed by atoms with Crippen LogP contribution in [0, 0.1) is 0 Å². The minimum absolute atomic E-state index is 0.176. The van der Waals surface area contributed by atoms with Gasteiger partial charge in [0.05, 0.1) is 0 Å². The van der Waals surface area contributed by atoms with Crippen molar-refractivity contribution in [3.8, 4) is 0 Å². The molecule has 0 saturated carbocycles. The van der Waals surface area contributed by atoms with Gasteiger partial charge in [0.2, 0.25) is 0 Å². The van der Waals surface area contributed by atoms with Crippen molar-refractivity contribution in [1.29, 1.82) is 0 Å². The summed E-state index contributed by atoms with van der Waals surface area (Å²) in [6, 6.07) is 15.0. The third-order valence-corrected chi connectivity index (χ3v) is 9.57. The third kappa shape index (κ3) is 5.98. The zero-order valence-electron chi connectivity index (χ0n) is 24.9. The lowest BCUT2D eigenvalue weighted by atomic mass is 9.72. The molecule has 0 N–H and O–H groups in total. The lowest BCUT2D eigenvalue weighted by molar-refractivity contribution is 0.486. The molecule has 0 aliphatic carbocycles. The molecule has 34 heavy (non-hydrogen) atoms. The summed E-state index contributed by atoms with van der Waals surface area (Å²) in [5.74, 6) is 0.359. The van der Waals surface area contributed by atoms with Crippen LogP contribution in [0.5, 0.6) is 0 Å². The topological polar surface area (TPSA) is 0 Å². The van der Waals surface area contributed by atoms with Crippen LogP contribution in [0.1, 0.15) is 155 Å². The Bertz CT molecular complexity index is 820. The number of rotatable bonds is 10. The monoisotopic (exact) mass is 462 g/mol. The molecule has 0 radical (unpaired) electrons. The molecular weight excluding hydrogens is 408 g/mol. The van der Waals surface area contributed by atoms with Crippen molar-refractivity contribution in [2.45, 2.75) is 143 Å². The van der Waals surface area contributed by atoms with Gasteiger partial charge in [0.1, 0.15) is 0 Å². The molecule has 0 aliphatic heterocycles. The fraction of sp³-hybridized carbons (Fsp3) is 0.647. The van der Waals surface area contributed by atoms with E-state index in [0.717, 1.165) is 25.7 Å². The van der Waals surface area contributed by atoms with Gasteiger partial charge in [-0.1, -0.05) is 126 Å². The molecule has 0 spiro atoms. The van der Waals surface area contributed by atoms with E-state index in [4.69, 9.17) is 0 Å². The molecule has 190 valence electrons. The van der Waals surface area contributed by atoms with Gasteiger partial charge < -0.3 is 0 Å². The van der Waals surface area contributed by atoms with Gasteiger partial charge in [-0.3, -0.25) is 0 Å². The highest BCUT2D eigenvalue weighted by Gasteiger charge is 2.28. The summed E-state index contributed by atoms with van der Waals surface area (Å²) in [6.07, 6.45) is 4.58. The van der Waals surface area contributed by atoms with Crippen molar-refractivity contribution in [2.75, 3.05) is 0 Å². The zero-order chi connectivity index (χ0) is 26.1. The van der Waals surface area contributed by atoms with Crippen LogP contribution < -0.4 is 0 Å². The second-order valence-corrected chi connectivity index (χ2v) is 13.4. The maximum atomic E-state index is 2.51. The van der Waals surface area contributed by atoms with Crippen LogP contribution in [0.25, 0.3) is 0 Å².